The molecule has 1 N–H and O–H groups in total. The van der Waals surface area contributed by atoms with E-state index in [0.29, 0.717) is 36.0 Å². The van der Waals surface area contributed by atoms with Crippen LogP contribution in [0.5, 0.6) is 0 Å². The predicted molar refractivity (Wildman–Crippen MR) is 123 cm³/mol. The third kappa shape index (κ3) is 4.40. The molecule has 2 aromatic heterocycles. The van der Waals surface area contributed by atoms with Crippen molar-refractivity contribution in [2.75, 3.05) is 11.9 Å². The fourth-order valence-electron chi connectivity index (χ4n) is 3.83. The highest BCUT2D eigenvalue weighted by molar-refractivity contribution is 6.30. The summed E-state index contributed by atoms with van der Waals surface area (Å²) in [5.41, 5.74) is 5.70. The summed E-state index contributed by atoms with van der Waals surface area (Å²) in [6, 6.07) is 18.3. The van der Waals surface area contributed by atoms with E-state index in [4.69, 9.17) is 11.6 Å². The molecule has 4 aromatic rings. The van der Waals surface area contributed by atoms with Crippen LogP contribution in [-0.4, -0.2) is 16.1 Å². The summed E-state index contributed by atoms with van der Waals surface area (Å²) >= 11 is 6.19. The van der Waals surface area contributed by atoms with Gasteiger partial charge in [-0.05, 0) is 67.3 Å². The van der Waals surface area contributed by atoms with Crippen LogP contribution in [0.15, 0.2) is 54.6 Å². The SMILES string of the molecule is Cc1c(C)n(Cc2cccc(Cl)c2)c2c(NCCc3ccc(F)cc3)nc(C#N)cc12. The van der Waals surface area contributed by atoms with Crippen LogP contribution in [-0.2, 0) is 13.0 Å². The smallest absolute Gasteiger partial charge is 0.152 e. The number of rotatable bonds is 6. The van der Waals surface area contributed by atoms with Crippen LogP contribution >= 0.6 is 11.6 Å². The number of hydrogen-bond acceptors (Lipinski definition) is 3. The lowest BCUT2D eigenvalue weighted by Gasteiger charge is -2.13. The number of nitrogens with zero attached hydrogens (tertiary/aromatic N) is 3. The first kappa shape index (κ1) is 20.9. The van der Waals surface area contributed by atoms with E-state index in [2.05, 4.69) is 34.8 Å². The minimum atomic E-state index is -0.244. The molecule has 0 amide bonds. The van der Waals surface area contributed by atoms with Gasteiger partial charge < -0.3 is 9.88 Å². The average molecular weight is 433 g/mol. The summed E-state index contributed by atoms with van der Waals surface area (Å²) in [7, 11) is 0. The Morgan fingerprint density at radius 3 is 2.58 bits per heavy atom. The number of nitrogens with one attached hydrogen (secondary N) is 1. The van der Waals surface area contributed by atoms with Gasteiger partial charge in [-0.3, -0.25) is 0 Å². The highest BCUT2D eigenvalue weighted by atomic mass is 35.5. The van der Waals surface area contributed by atoms with Crippen LogP contribution in [0.25, 0.3) is 10.9 Å². The van der Waals surface area contributed by atoms with Crippen LogP contribution in [0.3, 0.4) is 0 Å². The van der Waals surface area contributed by atoms with Crippen molar-refractivity contribution in [3.63, 3.8) is 0 Å². The Hall–Kier alpha value is -3.36. The summed E-state index contributed by atoms with van der Waals surface area (Å²) in [6.45, 7) is 5.41. The summed E-state index contributed by atoms with van der Waals surface area (Å²) in [6.07, 6.45) is 0.715. The quantitative estimate of drug-likeness (QED) is 0.405. The first-order valence-electron chi connectivity index (χ1n) is 10.1. The number of halogens is 2. The van der Waals surface area contributed by atoms with Crippen molar-refractivity contribution >= 4 is 28.3 Å². The lowest BCUT2D eigenvalue weighted by molar-refractivity contribution is 0.627. The Bertz CT molecular complexity index is 1290. The van der Waals surface area contributed by atoms with Crippen molar-refractivity contribution in [3.05, 3.63) is 93.5 Å². The zero-order valence-electron chi connectivity index (χ0n) is 17.4. The molecule has 0 spiro atoms. The topological polar surface area (TPSA) is 53.6 Å². The molecule has 0 fully saturated rings. The summed E-state index contributed by atoms with van der Waals surface area (Å²) in [5.74, 6) is 0.431. The number of hydrogen-bond donors (Lipinski definition) is 1. The zero-order chi connectivity index (χ0) is 22.0. The molecule has 0 aliphatic rings. The summed E-state index contributed by atoms with van der Waals surface area (Å²) in [5, 5.41) is 14.6. The Labute approximate surface area is 185 Å². The minimum absolute atomic E-state index is 0.244. The molecule has 0 aliphatic heterocycles. The van der Waals surface area contributed by atoms with E-state index in [0.717, 1.165) is 33.3 Å². The van der Waals surface area contributed by atoms with Gasteiger partial charge in [0.1, 0.15) is 17.6 Å². The molecule has 2 heterocycles. The van der Waals surface area contributed by atoms with Gasteiger partial charge in [-0.15, -0.1) is 0 Å². The Morgan fingerprint density at radius 2 is 1.87 bits per heavy atom. The van der Waals surface area contributed by atoms with Crippen molar-refractivity contribution in [2.45, 2.75) is 26.8 Å². The number of aryl methyl sites for hydroxylation is 1. The monoisotopic (exact) mass is 432 g/mol. The van der Waals surface area contributed by atoms with Gasteiger partial charge in [0.25, 0.3) is 0 Å². The average Bonchev–Trinajstić information content (AvgIpc) is 3.00. The second-order valence-corrected chi connectivity index (χ2v) is 8.03. The molecule has 0 aliphatic carbocycles. The zero-order valence-corrected chi connectivity index (χ0v) is 18.2. The van der Waals surface area contributed by atoms with Crippen LogP contribution in [0, 0.1) is 31.0 Å². The van der Waals surface area contributed by atoms with Crippen molar-refractivity contribution in [3.8, 4) is 6.07 Å². The molecule has 4 rings (SSSR count). The lowest BCUT2D eigenvalue weighted by Crippen LogP contribution is -2.10. The first-order valence-corrected chi connectivity index (χ1v) is 10.5. The molecule has 0 saturated heterocycles. The number of benzene rings is 2. The fourth-order valence-corrected chi connectivity index (χ4v) is 4.05. The van der Waals surface area contributed by atoms with Crippen molar-refractivity contribution in [1.29, 1.82) is 5.26 Å². The van der Waals surface area contributed by atoms with E-state index in [1.807, 2.05) is 30.3 Å². The molecular formula is C25H22ClFN4. The number of pyridine rings is 1. The molecule has 156 valence electrons. The number of nitriles is 1. The van der Waals surface area contributed by atoms with E-state index in [-0.39, 0.29) is 5.82 Å². The van der Waals surface area contributed by atoms with Gasteiger partial charge >= 0.3 is 0 Å². The predicted octanol–water partition coefficient (Wildman–Crippen LogP) is 6.02. The van der Waals surface area contributed by atoms with Gasteiger partial charge in [0.15, 0.2) is 5.82 Å². The minimum Gasteiger partial charge on any atom is -0.368 e. The molecule has 0 radical (unpaired) electrons. The molecule has 0 unspecified atom stereocenters. The molecule has 0 saturated carbocycles. The van der Waals surface area contributed by atoms with Crippen LogP contribution in [0.4, 0.5) is 10.2 Å². The van der Waals surface area contributed by atoms with Gasteiger partial charge in [-0.1, -0.05) is 35.9 Å². The number of fused-ring (bicyclic) bond motifs is 1. The summed E-state index contributed by atoms with van der Waals surface area (Å²) in [4.78, 5) is 4.56. The standard InChI is InChI=1S/C25H22ClFN4/c1-16-17(2)31(15-19-4-3-5-20(26)12-19)24-23(16)13-22(14-28)30-25(24)29-11-10-18-6-8-21(27)9-7-18/h3-9,12-13H,10-11,15H2,1-2H3,(H,29,30). The Kier molecular flexibility index (Phi) is 5.92. The fraction of sp³-hybridized carbons (Fsp3) is 0.200. The third-order valence-corrected chi connectivity index (χ3v) is 5.81. The summed E-state index contributed by atoms with van der Waals surface area (Å²) < 4.78 is 15.4. The first-order chi connectivity index (χ1) is 15.0. The second kappa shape index (κ2) is 8.79. The lowest BCUT2D eigenvalue weighted by atomic mass is 10.1. The molecule has 2 aromatic carbocycles. The molecule has 0 bridgehead atoms. The van der Waals surface area contributed by atoms with Gasteiger partial charge in [-0.2, -0.15) is 5.26 Å². The maximum atomic E-state index is 13.2. The number of aromatic nitrogens is 2. The van der Waals surface area contributed by atoms with E-state index >= 15 is 0 Å². The molecule has 6 heteroatoms. The van der Waals surface area contributed by atoms with Crippen molar-refractivity contribution in [2.24, 2.45) is 0 Å². The molecule has 31 heavy (non-hydrogen) atoms. The van der Waals surface area contributed by atoms with Crippen LogP contribution in [0.2, 0.25) is 5.02 Å². The Morgan fingerprint density at radius 1 is 1.10 bits per heavy atom. The van der Waals surface area contributed by atoms with Crippen molar-refractivity contribution < 1.29 is 4.39 Å². The van der Waals surface area contributed by atoms with E-state index in [1.54, 1.807) is 12.1 Å². The largest absolute Gasteiger partial charge is 0.368 e. The maximum Gasteiger partial charge on any atom is 0.152 e. The van der Waals surface area contributed by atoms with Gasteiger partial charge in [0, 0.05) is 29.2 Å². The van der Waals surface area contributed by atoms with E-state index in [1.165, 1.54) is 12.1 Å². The maximum absolute atomic E-state index is 13.2. The number of anilines is 1. The second-order valence-electron chi connectivity index (χ2n) is 7.59. The molecule has 4 nitrogen and oxygen atoms in total. The van der Waals surface area contributed by atoms with Crippen LogP contribution in [0.1, 0.15) is 28.1 Å². The van der Waals surface area contributed by atoms with Gasteiger partial charge in [0.2, 0.25) is 0 Å². The van der Waals surface area contributed by atoms with Gasteiger partial charge in [-0.25, -0.2) is 9.37 Å². The normalized spacial score (nSPS) is 10.9. The molecular weight excluding hydrogens is 411 g/mol. The van der Waals surface area contributed by atoms with Gasteiger partial charge in [0.05, 0.1) is 5.52 Å². The Balaban J connectivity index is 1.71. The van der Waals surface area contributed by atoms with Crippen LogP contribution < -0.4 is 5.32 Å². The highest BCUT2D eigenvalue weighted by Gasteiger charge is 2.17. The highest BCUT2D eigenvalue weighted by Crippen LogP contribution is 2.31. The molecule has 0 atom stereocenters. The van der Waals surface area contributed by atoms with E-state index < -0.39 is 0 Å². The van der Waals surface area contributed by atoms with Crippen molar-refractivity contribution in [1.82, 2.24) is 9.55 Å². The third-order valence-electron chi connectivity index (χ3n) is 5.58. The van der Waals surface area contributed by atoms with E-state index in [9.17, 15) is 9.65 Å².